The molecule has 0 fully saturated rings. The highest BCUT2D eigenvalue weighted by molar-refractivity contribution is 7.09. The smallest absolute Gasteiger partial charge is 0.220 e. The van der Waals surface area contributed by atoms with Crippen molar-refractivity contribution in [2.75, 3.05) is 0 Å². The largest absolute Gasteiger partial charge is 0.351 e. The maximum atomic E-state index is 11.9. The summed E-state index contributed by atoms with van der Waals surface area (Å²) in [6.45, 7) is 3.78. The monoisotopic (exact) mass is 326 g/mol. The Morgan fingerprint density at radius 3 is 2.87 bits per heavy atom. The third kappa shape index (κ3) is 3.82. The Hall–Kier alpha value is -2.07. The number of nitrogens with one attached hydrogen (secondary N) is 1. The normalized spacial score (nSPS) is 11.0. The molecule has 23 heavy (non-hydrogen) atoms. The van der Waals surface area contributed by atoms with E-state index in [4.69, 9.17) is 0 Å². The van der Waals surface area contributed by atoms with E-state index in [0.29, 0.717) is 13.0 Å². The second kappa shape index (κ2) is 7.47. The van der Waals surface area contributed by atoms with E-state index < -0.39 is 0 Å². The number of benzene rings is 1. The number of carbonyl (C=O) groups is 1. The predicted molar refractivity (Wildman–Crippen MR) is 96.7 cm³/mol. The molecule has 2 heterocycles. The number of thiophene rings is 1. The molecule has 0 saturated heterocycles. The summed E-state index contributed by atoms with van der Waals surface area (Å²) in [6.07, 6.45) is 4.64. The average molecular weight is 326 g/mol. The maximum Gasteiger partial charge on any atom is 0.220 e. The first-order chi connectivity index (χ1) is 11.3. The number of para-hydroxylation sites is 1. The van der Waals surface area contributed by atoms with Crippen LogP contribution in [0.25, 0.3) is 10.9 Å². The summed E-state index contributed by atoms with van der Waals surface area (Å²) in [6, 6.07) is 12.6. The zero-order valence-corrected chi connectivity index (χ0v) is 14.2. The van der Waals surface area contributed by atoms with Crippen molar-refractivity contribution in [3.05, 3.63) is 58.4 Å². The van der Waals surface area contributed by atoms with Crippen molar-refractivity contribution in [1.29, 1.82) is 0 Å². The van der Waals surface area contributed by atoms with E-state index in [1.165, 1.54) is 21.3 Å². The number of nitrogens with zero attached hydrogens (tertiary/aromatic N) is 1. The summed E-state index contributed by atoms with van der Waals surface area (Å²) in [5, 5.41) is 6.34. The molecule has 120 valence electrons. The van der Waals surface area contributed by atoms with E-state index >= 15 is 0 Å². The lowest BCUT2D eigenvalue weighted by molar-refractivity contribution is -0.121. The first-order valence-corrected chi connectivity index (χ1v) is 9.01. The van der Waals surface area contributed by atoms with Crippen molar-refractivity contribution < 1.29 is 4.79 Å². The Morgan fingerprint density at radius 1 is 1.22 bits per heavy atom. The van der Waals surface area contributed by atoms with Crippen molar-refractivity contribution in [2.45, 2.75) is 39.3 Å². The molecule has 3 rings (SSSR count). The third-order valence-electron chi connectivity index (χ3n) is 4.10. The Labute approximate surface area is 140 Å². The molecule has 0 unspecified atom stereocenters. The van der Waals surface area contributed by atoms with Gasteiger partial charge in [0.1, 0.15) is 0 Å². The quantitative estimate of drug-likeness (QED) is 0.687. The van der Waals surface area contributed by atoms with Gasteiger partial charge in [-0.25, -0.2) is 0 Å². The fourth-order valence-corrected chi connectivity index (χ4v) is 3.55. The number of hydrogen-bond acceptors (Lipinski definition) is 2. The second-order valence-corrected chi connectivity index (χ2v) is 6.70. The van der Waals surface area contributed by atoms with Crippen LogP contribution in [0.1, 0.15) is 30.2 Å². The Balaban J connectivity index is 1.53. The lowest BCUT2D eigenvalue weighted by atomic mass is 10.1. The van der Waals surface area contributed by atoms with Gasteiger partial charge >= 0.3 is 0 Å². The molecule has 1 amide bonds. The Bertz CT molecular complexity index is 774. The van der Waals surface area contributed by atoms with Gasteiger partial charge in [-0.3, -0.25) is 4.79 Å². The van der Waals surface area contributed by atoms with Crippen molar-refractivity contribution in [3.8, 4) is 0 Å². The lowest BCUT2D eigenvalue weighted by Gasteiger charge is -2.03. The summed E-state index contributed by atoms with van der Waals surface area (Å²) < 4.78 is 2.28. The van der Waals surface area contributed by atoms with Crippen LogP contribution in [0.4, 0.5) is 0 Å². The minimum Gasteiger partial charge on any atom is -0.351 e. The van der Waals surface area contributed by atoms with E-state index in [1.807, 2.05) is 17.5 Å². The molecule has 0 aliphatic carbocycles. The topological polar surface area (TPSA) is 34.0 Å². The molecule has 1 N–H and O–H groups in total. The van der Waals surface area contributed by atoms with Gasteiger partial charge in [0, 0.05) is 34.9 Å². The highest BCUT2D eigenvalue weighted by atomic mass is 32.1. The van der Waals surface area contributed by atoms with Gasteiger partial charge in [-0.2, -0.15) is 0 Å². The molecule has 2 aromatic heterocycles. The molecule has 0 bridgehead atoms. The van der Waals surface area contributed by atoms with Crippen LogP contribution in [0.15, 0.2) is 48.0 Å². The number of rotatable bonds is 7. The van der Waals surface area contributed by atoms with Gasteiger partial charge in [0.05, 0.1) is 6.54 Å². The lowest BCUT2D eigenvalue weighted by Crippen LogP contribution is -2.21. The van der Waals surface area contributed by atoms with Gasteiger partial charge in [0.15, 0.2) is 0 Å². The number of aryl methyl sites for hydroxylation is 2. The summed E-state index contributed by atoms with van der Waals surface area (Å²) in [4.78, 5) is 13.1. The van der Waals surface area contributed by atoms with Crippen LogP contribution in [0, 0.1) is 0 Å². The van der Waals surface area contributed by atoms with Crippen LogP contribution in [-0.2, 0) is 24.3 Å². The van der Waals surface area contributed by atoms with Gasteiger partial charge in [-0.15, -0.1) is 11.3 Å². The number of carbonyl (C=O) groups excluding carboxylic acids is 1. The Morgan fingerprint density at radius 2 is 2.09 bits per heavy atom. The highest BCUT2D eigenvalue weighted by Gasteiger charge is 2.08. The molecule has 3 nitrogen and oxygen atoms in total. The average Bonchev–Trinajstić information content (AvgIpc) is 3.21. The fraction of sp³-hybridized carbons (Fsp3) is 0.316. The molecule has 3 aromatic rings. The molecule has 0 aliphatic rings. The fourth-order valence-electron chi connectivity index (χ4n) is 2.91. The van der Waals surface area contributed by atoms with E-state index in [0.717, 1.165) is 19.4 Å². The van der Waals surface area contributed by atoms with Gasteiger partial charge in [-0.05, 0) is 42.8 Å². The standard InChI is InChI=1S/C19H22N2OS/c1-2-21-14-15(17-9-3-4-10-18(17)21)7-5-11-19(22)20-13-16-8-6-12-23-16/h3-4,6,8-10,12,14H,2,5,7,11,13H2,1H3,(H,20,22). The molecular weight excluding hydrogens is 304 g/mol. The molecule has 0 saturated carbocycles. The molecule has 0 radical (unpaired) electrons. The van der Waals surface area contributed by atoms with Crippen LogP contribution < -0.4 is 5.32 Å². The molecule has 1 aromatic carbocycles. The van der Waals surface area contributed by atoms with Crippen LogP contribution in [0.3, 0.4) is 0 Å². The van der Waals surface area contributed by atoms with E-state index in [1.54, 1.807) is 11.3 Å². The van der Waals surface area contributed by atoms with E-state index in [2.05, 4.69) is 47.3 Å². The van der Waals surface area contributed by atoms with Crippen molar-refractivity contribution in [1.82, 2.24) is 9.88 Å². The molecule has 0 atom stereocenters. The zero-order valence-electron chi connectivity index (χ0n) is 13.4. The molecular formula is C19H22N2OS. The predicted octanol–water partition coefficient (Wildman–Crippen LogP) is 4.36. The minimum absolute atomic E-state index is 0.137. The molecule has 0 spiro atoms. The highest BCUT2D eigenvalue weighted by Crippen LogP contribution is 2.22. The third-order valence-corrected chi connectivity index (χ3v) is 4.98. The number of fused-ring (bicyclic) bond motifs is 1. The van der Waals surface area contributed by atoms with Gasteiger partial charge < -0.3 is 9.88 Å². The van der Waals surface area contributed by atoms with Gasteiger partial charge in [0.25, 0.3) is 0 Å². The van der Waals surface area contributed by atoms with Crippen molar-refractivity contribution in [3.63, 3.8) is 0 Å². The first-order valence-electron chi connectivity index (χ1n) is 8.13. The van der Waals surface area contributed by atoms with Crippen LogP contribution in [0.2, 0.25) is 0 Å². The number of aromatic nitrogens is 1. The summed E-state index contributed by atoms with van der Waals surface area (Å²) in [7, 11) is 0. The first kappa shape index (κ1) is 15.8. The number of amides is 1. The van der Waals surface area contributed by atoms with Crippen LogP contribution in [-0.4, -0.2) is 10.5 Å². The van der Waals surface area contributed by atoms with Crippen molar-refractivity contribution in [2.24, 2.45) is 0 Å². The van der Waals surface area contributed by atoms with E-state index in [-0.39, 0.29) is 5.91 Å². The number of hydrogen-bond donors (Lipinski definition) is 1. The summed E-state index contributed by atoms with van der Waals surface area (Å²) >= 11 is 1.67. The summed E-state index contributed by atoms with van der Waals surface area (Å²) in [5.74, 6) is 0.137. The van der Waals surface area contributed by atoms with Gasteiger partial charge in [0.2, 0.25) is 5.91 Å². The summed E-state index contributed by atoms with van der Waals surface area (Å²) in [5.41, 5.74) is 2.63. The maximum absolute atomic E-state index is 11.9. The van der Waals surface area contributed by atoms with Crippen LogP contribution in [0.5, 0.6) is 0 Å². The second-order valence-electron chi connectivity index (χ2n) is 5.67. The minimum atomic E-state index is 0.137. The van der Waals surface area contributed by atoms with Gasteiger partial charge in [-0.1, -0.05) is 24.3 Å². The Kier molecular flexibility index (Phi) is 5.13. The molecule has 0 aliphatic heterocycles. The van der Waals surface area contributed by atoms with Crippen molar-refractivity contribution >= 4 is 28.1 Å². The van der Waals surface area contributed by atoms with Crippen LogP contribution >= 0.6 is 11.3 Å². The zero-order chi connectivity index (χ0) is 16.1. The molecule has 4 heteroatoms. The van der Waals surface area contributed by atoms with E-state index in [9.17, 15) is 4.79 Å². The SMILES string of the molecule is CCn1cc(CCCC(=O)NCc2cccs2)c2ccccc21.